The second-order valence-electron chi connectivity index (χ2n) is 8.95. The van der Waals surface area contributed by atoms with Gasteiger partial charge in [0.25, 0.3) is 5.91 Å². The molecule has 2 atom stereocenters. The Morgan fingerprint density at radius 1 is 1.20 bits per heavy atom. The summed E-state index contributed by atoms with van der Waals surface area (Å²) in [5, 5.41) is 17.1. The average Bonchev–Trinajstić information content (AvgIpc) is 3.16. The molecule has 35 heavy (non-hydrogen) atoms. The van der Waals surface area contributed by atoms with Gasteiger partial charge in [-0.2, -0.15) is 0 Å². The quantitative estimate of drug-likeness (QED) is 0.440. The maximum absolute atomic E-state index is 13.1. The molecule has 0 radical (unpaired) electrons. The van der Waals surface area contributed by atoms with Crippen molar-refractivity contribution in [2.75, 3.05) is 19.6 Å². The number of amides is 4. The number of carboxylic acid groups (broad SMARTS) is 1. The number of nitrogens with one attached hydrogen (secondary N) is 3. The Morgan fingerprint density at radius 2 is 1.94 bits per heavy atom. The van der Waals surface area contributed by atoms with Gasteiger partial charge in [0.05, 0.1) is 12.6 Å². The lowest BCUT2D eigenvalue weighted by molar-refractivity contribution is -0.135. The number of benzene rings is 1. The zero-order valence-corrected chi connectivity index (χ0v) is 19.7. The number of hydrogen-bond acceptors (Lipinski definition) is 6. The number of hydrogen-bond donors (Lipinski definition) is 4. The van der Waals surface area contributed by atoms with Gasteiger partial charge in [-0.1, -0.05) is 32.0 Å². The number of rotatable bonds is 8. The highest BCUT2D eigenvalue weighted by Crippen LogP contribution is 2.19. The fourth-order valence-corrected chi connectivity index (χ4v) is 3.91. The van der Waals surface area contributed by atoms with Crippen LogP contribution in [-0.2, 0) is 14.4 Å². The minimum absolute atomic E-state index is 0.0833. The lowest BCUT2D eigenvalue weighted by Crippen LogP contribution is -2.53. The number of carbonyl (C=O) groups excluding carboxylic acids is 4. The van der Waals surface area contributed by atoms with E-state index in [0.717, 1.165) is 5.39 Å². The monoisotopic (exact) mass is 486 g/mol. The molecule has 1 saturated heterocycles. The molecule has 1 aromatic carbocycles. The van der Waals surface area contributed by atoms with Crippen molar-refractivity contribution >= 4 is 40.6 Å². The normalized spacial score (nSPS) is 17.1. The van der Waals surface area contributed by atoms with Crippen molar-refractivity contribution in [2.24, 2.45) is 5.92 Å². The highest BCUT2D eigenvalue weighted by Gasteiger charge is 2.31. The summed E-state index contributed by atoms with van der Waals surface area (Å²) in [6.07, 6.45) is 1.11. The predicted molar refractivity (Wildman–Crippen MR) is 126 cm³/mol. The Labute approximate surface area is 202 Å². The van der Waals surface area contributed by atoms with Gasteiger partial charge in [0.15, 0.2) is 11.5 Å². The molecule has 4 amide bonds. The number of urea groups is 1. The topological polar surface area (TPSA) is 158 Å². The number of carboxylic acids is 1. The molecular weight excluding hydrogens is 456 g/mol. The van der Waals surface area contributed by atoms with Crippen molar-refractivity contribution in [3.63, 3.8) is 0 Å². The van der Waals surface area contributed by atoms with Crippen LogP contribution in [0.1, 0.15) is 43.7 Å². The molecule has 0 spiro atoms. The van der Waals surface area contributed by atoms with E-state index >= 15 is 0 Å². The van der Waals surface area contributed by atoms with Gasteiger partial charge in [-0.15, -0.1) is 0 Å². The first-order valence-corrected chi connectivity index (χ1v) is 11.5. The van der Waals surface area contributed by atoms with E-state index in [1.165, 1.54) is 4.90 Å². The summed E-state index contributed by atoms with van der Waals surface area (Å²) in [4.78, 5) is 62.6. The molecule has 2 aromatic rings. The van der Waals surface area contributed by atoms with Crippen LogP contribution in [0.15, 0.2) is 34.7 Å². The fourth-order valence-electron chi connectivity index (χ4n) is 3.91. The van der Waals surface area contributed by atoms with E-state index in [0.29, 0.717) is 24.8 Å². The van der Waals surface area contributed by atoms with E-state index < -0.39 is 42.4 Å². The van der Waals surface area contributed by atoms with Crippen LogP contribution in [0.5, 0.6) is 0 Å². The van der Waals surface area contributed by atoms with Crippen molar-refractivity contribution in [2.45, 2.75) is 45.2 Å². The molecule has 0 bridgehead atoms. The van der Waals surface area contributed by atoms with Crippen LogP contribution in [0.4, 0.5) is 4.79 Å². The molecule has 1 aliphatic heterocycles. The Kier molecular flexibility index (Phi) is 8.45. The van der Waals surface area contributed by atoms with E-state index in [9.17, 15) is 24.0 Å². The molecule has 1 aliphatic rings. The van der Waals surface area contributed by atoms with Crippen molar-refractivity contribution in [3.8, 4) is 0 Å². The first-order chi connectivity index (χ1) is 16.6. The summed E-state index contributed by atoms with van der Waals surface area (Å²) in [6.45, 7) is 3.28. The van der Waals surface area contributed by atoms with Gasteiger partial charge in [-0.25, -0.2) is 4.79 Å². The SMILES string of the molecule is CC(C)C[C@H](NC(=O)c1cc2ccccc2o1)C(=O)NC1CCCN(C(=O)NCC(=O)O)CC1=O. The summed E-state index contributed by atoms with van der Waals surface area (Å²) in [5.74, 6) is -2.42. The number of nitrogens with zero attached hydrogens (tertiary/aromatic N) is 1. The molecule has 11 nitrogen and oxygen atoms in total. The van der Waals surface area contributed by atoms with Gasteiger partial charge >= 0.3 is 12.0 Å². The van der Waals surface area contributed by atoms with E-state index in [4.69, 9.17) is 9.52 Å². The molecule has 0 saturated carbocycles. The third kappa shape index (κ3) is 7.05. The van der Waals surface area contributed by atoms with Crippen LogP contribution in [0, 0.1) is 5.92 Å². The van der Waals surface area contributed by atoms with E-state index in [-0.39, 0.29) is 30.6 Å². The number of carbonyl (C=O) groups is 5. The zero-order chi connectivity index (χ0) is 25.5. The highest BCUT2D eigenvalue weighted by molar-refractivity contribution is 5.99. The Hall–Kier alpha value is -3.89. The molecule has 188 valence electrons. The number of ketones is 1. The summed E-state index contributed by atoms with van der Waals surface area (Å²) in [6, 6.07) is 6.43. The number of likely N-dealkylation sites (tertiary alicyclic amines) is 1. The van der Waals surface area contributed by atoms with E-state index in [1.807, 2.05) is 26.0 Å². The minimum atomic E-state index is -1.19. The number of Topliss-reactive ketones (excluding diaryl/α,β-unsaturated/α-hetero) is 1. The third-order valence-corrected chi connectivity index (χ3v) is 5.63. The zero-order valence-electron chi connectivity index (χ0n) is 19.7. The standard InChI is InChI=1S/C24H30N4O7/c1-14(2)10-17(27-23(33)20-11-15-6-3-4-8-19(15)35-20)22(32)26-16-7-5-9-28(13-18(16)29)24(34)25-12-21(30)31/h3-4,6,8,11,14,16-17H,5,7,9-10,12-13H2,1-2H3,(H,25,34)(H,26,32)(H,27,33)(H,30,31)/t16?,17-/m0/s1. The van der Waals surface area contributed by atoms with Gasteiger partial charge in [0.2, 0.25) is 5.91 Å². The highest BCUT2D eigenvalue weighted by atomic mass is 16.4. The van der Waals surface area contributed by atoms with Gasteiger partial charge in [0, 0.05) is 11.9 Å². The maximum Gasteiger partial charge on any atom is 0.323 e. The van der Waals surface area contributed by atoms with E-state index in [2.05, 4.69) is 16.0 Å². The molecule has 3 rings (SSSR count). The lowest BCUT2D eigenvalue weighted by Gasteiger charge is -2.23. The molecule has 1 aromatic heterocycles. The maximum atomic E-state index is 13.1. The Morgan fingerprint density at radius 3 is 2.63 bits per heavy atom. The van der Waals surface area contributed by atoms with Gasteiger partial charge in [0.1, 0.15) is 18.2 Å². The largest absolute Gasteiger partial charge is 0.480 e. The first kappa shape index (κ1) is 25.7. The van der Waals surface area contributed by atoms with Crippen LogP contribution >= 0.6 is 0 Å². The van der Waals surface area contributed by atoms with Crippen LogP contribution in [0.3, 0.4) is 0 Å². The molecule has 11 heteroatoms. The fraction of sp³-hybridized carbons (Fsp3) is 0.458. The Bertz CT molecular complexity index is 1080. The summed E-state index contributed by atoms with van der Waals surface area (Å²) in [5.41, 5.74) is 0.559. The van der Waals surface area contributed by atoms with Gasteiger partial charge in [-0.05, 0) is 37.3 Å². The summed E-state index contributed by atoms with van der Waals surface area (Å²) < 4.78 is 5.59. The molecule has 4 N–H and O–H groups in total. The number of fused-ring (bicyclic) bond motifs is 1. The van der Waals surface area contributed by atoms with Crippen LogP contribution in [-0.4, -0.2) is 71.3 Å². The molecule has 2 heterocycles. The number of para-hydroxylation sites is 1. The molecular formula is C24H30N4O7. The van der Waals surface area contributed by atoms with Crippen molar-refractivity contribution < 1.29 is 33.5 Å². The summed E-state index contributed by atoms with van der Waals surface area (Å²) >= 11 is 0. The third-order valence-electron chi connectivity index (χ3n) is 5.63. The average molecular weight is 487 g/mol. The van der Waals surface area contributed by atoms with Crippen LogP contribution in [0.2, 0.25) is 0 Å². The molecule has 0 aliphatic carbocycles. The Balaban J connectivity index is 1.64. The molecule has 1 fully saturated rings. The molecule has 1 unspecified atom stereocenters. The number of aliphatic carboxylic acids is 1. The minimum Gasteiger partial charge on any atom is -0.480 e. The number of furan rings is 1. The van der Waals surface area contributed by atoms with Crippen LogP contribution < -0.4 is 16.0 Å². The van der Waals surface area contributed by atoms with Gasteiger partial charge in [-0.3, -0.25) is 19.2 Å². The summed E-state index contributed by atoms with van der Waals surface area (Å²) in [7, 11) is 0. The van der Waals surface area contributed by atoms with Crippen molar-refractivity contribution in [1.29, 1.82) is 0 Å². The predicted octanol–water partition coefficient (Wildman–Crippen LogP) is 1.52. The first-order valence-electron chi connectivity index (χ1n) is 11.5. The lowest BCUT2D eigenvalue weighted by atomic mass is 10.0. The smallest absolute Gasteiger partial charge is 0.323 e. The van der Waals surface area contributed by atoms with Gasteiger partial charge < -0.3 is 30.4 Å². The second-order valence-corrected chi connectivity index (χ2v) is 8.95. The van der Waals surface area contributed by atoms with Crippen molar-refractivity contribution in [3.05, 3.63) is 36.1 Å². The van der Waals surface area contributed by atoms with Crippen molar-refractivity contribution in [1.82, 2.24) is 20.9 Å². The van der Waals surface area contributed by atoms with Crippen LogP contribution in [0.25, 0.3) is 11.0 Å². The van der Waals surface area contributed by atoms with E-state index in [1.54, 1.807) is 18.2 Å². The second kappa shape index (κ2) is 11.5.